The summed E-state index contributed by atoms with van der Waals surface area (Å²) < 4.78 is 42.5. The van der Waals surface area contributed by atoms with E-state index in [2.05, 4.69) is 25.6 Å². The number of aromatic amines is 1. The zero-order chi connectivity index (χ0) is 19.0. The molecule has 3 aromatic rings. The van der Waals surface area contributed by atoms with Crippen LogP contribution in [-0.4, -0.2) is 46.7 Å². The monoisotopic (exact) mass is 377 g/mol. The molecule has 0 atom stereocenters. The molecule has 3 N–H and O–H groups in total. The number of amides is 1. The largest absolute Gasteiger partial charge is 0.491 e. The van der Waals surface area contributed by atoms with Crippen LogP contribution >= 0.6 is 0 Å². The third kappa shape index (κ3) is 3.50. The quantitative estimate of drug-likeness (QED) is 0.653. The first-order chi connectivity index (χ1) is 12.9. The number of halogens is 3. The number of fused-ring (bicyclic) bond motifs is 2. The summed E-state index contributed by atoms with van der Waals surface area (Å²) in [5.74, 6) is 0.160. The number of hydrogen-bond acceptors (Lipinski definition) is 5. The van der Waals surface area contributed by atoms with E-state index in [9.17, 15) is 18.0 Å². The summed E-state index contributed by atoms with van der Waals surface area (Å²) in [7, 11) is 0. The SMILES string of the molecule is O=C1NCCOc2cc(-c3c[nH]c4nc(NCC(F)(F)F)ncc34)ccc21. The van der Waals surface area contributed by atoms with E-state index < -0.39 is 12.7 Å². The van der Waals surface area contributed by atoms with Crippen LogP contribution < -0.4 is 15.4 Å². The number of aromatic nitrogens is 3. The number of nitrogens with zero attached hydrogens (tertiary/aromatic N) is 2. The van der Waals surface area contributed by atoms with Gasteiger partial charge in [-0.25, -0.2) is 4.98 Å². The van der Waals surface area contributed by atoms with E-state index in [1.807, 2.05) is 0 Å². The van der Waals surface area contributed by atoms with Crippen LogP contribution in [0.2, 0.25) is 0 Å². The molecule has 1 aromatic carbocycles. The first-order valence-electron chi connectivity index (χ1n) is 8.11. The molecule has 0 radical (unpaired) electrons. The highest BCUT2D eigenvalue weighted by Gasteiger charge is 2.27. The lowest BCUT2D eigenvalue weighted by Gasteiger charge is -2.09. The van der Waals surface area contributed by atoms with Gasteiger partial charge in [-0.1, -0.05) is 6.07 Å². The summed E-state index contributed by atoms with van der Waals surface area (Å²) >= 11 is 0. The second-order valence-electron chi connectivity index (χ2n) is 5.94. The van der Waals surface area contributed by atoms with E-state index in [0.717, 1.165) is 11.1 Å². The fourth-order valence-corrected chi connectivity index (χ4v) is 2.83. The van der Waals surface area contributed by atoms with Gasteiger partial charge in [0.2, 0.25) is 5.95 Å². The Hall–Kier alpha value is -3.30. The minimum atomic E-state index is -4.35. The summed E-state index contributed by atoms with van der Waals surface area (Å²) in [6.07, 6.45) is -1.22. The van der Waals surface area contributed by atoms with Crippen molar-refractivity contribution in [2.45, 2.75) is 6.18 Å². The van der Waals surface area contributed by atoms with Crippen LogP contribution in [0.1, 0.15) is 10.4 Å². The van der Waals surface area contributed by atoms with Gasteiger partial charge in [-0.05, 0) is 17.7 Å². The number of benzene rings is 1. The molecule has 0 saturated carbocycles. The van der Waals surface area contributed by atoms with Crippen molar-refractivity contribution < 1.29 is 22.7 Å². The van der Waals surface area contributed by atoms with Crippen LogP contribution in [0.15, 0.2) is 30.6 Å². The second kappa shape index (κ2) is 6.45. The molecular weight excluding hydrogens is 363 g/mol. The molecule has 0 aliphatic carbocycles. The van der Waals surface area contributed by atoms with Gasteiger partial charge in [0.25, 0.3) is 5.91 Å². The van der Waals surface area contributed by atoms with E-state index in [1.165, 1.54) is 6.20 Å². The van der Waals surface area contributed by atoms with E-state index in [1.54, 1.807) is 24.4 Å². The fraction of sp³-hybridized carbons (Fsp3) is 0.235. The van der Waals surface area contributed by atoms with Crippen molar-refractivity contribution in [1.82, 2.24) is 20.3 Å². The number of alkyl halides is 3. The van der Waals surface area contributed by atoms with E-state index >= 15 is 0 Å². The van der Waals surface area contributed by atoms with E-state index in [0.29, 0.717) is 35.5 Å². The first-order valence-corrected chi connectivity index (χ1v) is 8.11. The molecule has 27 heavy (non-hydrogen) atoms. The number of hydrogen-bond donors (Lipinski definition) is 3. The highest BCUT2D eigenvalue weighted by molar-refractivity contribution is 5.99. The van der Waals surface area contributed by atoms with Crippen LogP contribution in [0, 0.1) is 0 Å². The number of rotatable bonds is 3. The molecule has 0 fully saturated rings. The van der Waals surface area contributed by atoms with Crippen LogP contribution in [-0.2, 0) is 0 Å². The molecule has 0 bridgehead atoms. The Morgan fingerprint density at radius 2 is 2.11 bits per heavy atom. The summed E-state index contributed by atoms with van der Waals surface area (Å²) in [5.41, 5.74) is 2.38. The van der Waals surface area contributed by atoms with Crippen molar-refractivity contribution in [3.8, 4) is 16.9 Å². The summed E-state index contributed by atoms with van der Waals surface area (Å²) in [6, 6.07) is 5.19. The topological polar surface area (TPSA) is 91.9 Å². The molecular formula is C17H14F3N5O2. The zero-order valence-corrected chi connectivity index (χ0v) is 13.9. The Kier molecular flexibility index (Phi) is 4.09. The predicted octanol–water partition coefficient (Wildman–Crippen LogP) is 2.72. The summed E-state index contributed by atoms with van der Waals surface area (Å²) in [4.78, 5) is 22.9. The third-order valence-electron chi connectivity index (χ3n) is 4.06. The first kappa shape index (κ1) is 17.1. The number of H-pyrrole nitrogens is 1. The minimum absolute atomic E-state index is 0.116. The van der Waals surface area contributed by atoms with Gasteiger partial charge < -0.3 is 20.4 Å². The number of nitrogens with one attached hydrogen (secondary N) is 3. The molecule has 2 aromatic heterocycles. The normalized spacial score (nSPS) is 14.3. The molecule has 3 heterocycles. The van der Waals surface area contributed by atoms with Gasteiger partial charge in [-0.2, -0.15) is 18.2 Å². The maximum atomic E-state index is 12.3. The van der Waals surface area contributed by atoms with Crippen molar-refractivity contribution in [1.29, 1.82) is 0 Å². The van der Waals surface area contributed by atoms with Crippen molar-refractivity contribution in [3.05, 3.63) is 36.2 Å². The Labute approximate surface area is 151 Å². The highest BCUT2D eigenvalue weighted by Crippen LogP contribution is 2.32. The maximum absolute atomic E-state index is 12.3. The van der Waals surface area contributed by atoms with Crippen LogP contribution in [0.4, 0.5) is 19.1 Å². The molecule has 1 aliphatic heterocycles. The number of carbonyl (C=O) groups excluding carboxylic acids is 1. The molecule has 0 unspecified atom stereocenters. The standard InChI is InChI=1S/C17H14F3N5O2/c18-17(19,20)8-24-16-23-7-12-11(6-22-14(12)25-16)9-1-2-10-13(5-9)27-4-3-21-15(10)26/h1-2,5-7H,3-4,8H2,(H,21,26)(H2,22,23,24,25). The number of ether oxygens (including phenoxy) is 1. The summed E-state index contributed by atoms with van der Waals surface area (Å²) in [6.45, 7) is -0.415. The Bertz CT molecular complexity index is 1020. The van der Waals surface area contributed by atoms with Gasteiger partial charge in [0.1, 0.15) is 24.5 Å². The molecule has 4 rings (SSSR count). The fourth-order valence-electron chi connectivity index (χ4n) is 2.83. The van der Waals surface area contributed by atoms with Gasteiger partial charge in [0.05, 0.1) is 12.1 Å². The van der Waals surface area contributed by atoms with Crippen LogP contribution in [0.25, 0.3) is 22.2 Å². The van der Waals surface area contributed by atoms with Gasteiger partial charge in [-0.3, -0.25) is 4.79 Å². The molecule has 7 nitrogen and oxygen atoms in total. The molecule has 0 spiro atoms. The molecule has 0 saturated heterocycles. The average Bonchev–Trinajstić information content (AvgIpc) is 2.96. The lowest BCUT2D eigenvalue weighted by Crippen LogP contribution is -2.24. The Morgan fingerprint density at radius 3 is 2.93 bits per heavy atom. The van der Waals surface area contributed by atoms with Crippen LogP contribution in [0.3, 0.4) is 0 Å². The smallest absolute Gasteiger partial charge is 0.405 e. The van der Waals surface area contributed by atoms with E-state index in [4.69, 9.17) is 4.74 Å². The zero-order valence-electron chi connectivity index (χ0n) is 13.9. The predicted molar refractivity (Wildman–Crippen MR) is 91.7 cm³/mol. The Morgan fingerprint density at radius 1 is 1.26 bits per heavy atom. The maximum Gasteiger partial charge on any atom is 0.405 e. The molecule has 1 amide bonds. The second-order valence-corrected chi connectivity index (χ2v) is 5.94. The van der Waals surface area contributed by atoms with Gasteiger partial charge in [0, 0.05) is 23.3 Å². The molecule has 140 valence electrons. The molecule has 10 heteroatoms. The number of carbonyl (C=O) groups is 1. The lowest BCUT2D eigenvalue weighted by atomic mass is 10.0. The minimum Gasteiger partial charge on any atom is -0.491 e. The third-order valence-corrected chi connectivity index (χ3v) is 4.06. The van der Waals surface area contributed by atoms with Crippen LogP contribution in [0.5, 0.6) is 5.75 Å². The highest BCUT2D eigenvalue weighted by atomic mass is 19.4. The van der Waals surface area contributed by atoms with Gasteiger partial charge >= 0.3 is 6.18 Å². The summed E-state index contributed by atoms with van der Waals surface area (Å²) in [5, 5.41) is 5.53. The van der Waals surface area contributed by atoms with Gasteiger partial charge in [0.15, 0.2) is 0 Å². The van der Waals surface area contributed by atoms with E-state index in [-0.39, 0.29) is 11.9 Å². The van der Waals surface area contributed by atoms with Crippen molar-refractivity contribution in [2.75, 3.05) is 25.0 Å². The lowest BCUT2D eigenvalue weighted by molar-refractivity contribution is -0.115. The Balaban J connectivity index is 1.66. The van der Waals surface area contributed by atoms with Crippen molar-refractivity contribution in [3.63, 3.8) is 0 Å². The van der Waals surface area contributed by atoms with Crippen molar-refractivity contribution in [2.24, 2.45) is 0 Å². The van der Waals surface area contributed by atoms with Crippen molar-refractivity contribution >= 4 is 22.9 Å². The van der Waals surface area contributed by atoms with Gasteiger partial charge in [-0.15, -0.1) is 0 Å². The average molecular weight is 377 g/mol. The number of anilines is 1. The molecule has 1 aliphatic rings.